The van der Waals surface area contributed by atoms with Crippen LogP contribution in [0.25, 0.3) is 0 Å². The number of sulfone groups is 1. The zero-order chi connectivity index (χ0) is 17.0. The molecule has 0 atom stereocenters. The number of hydrogen-bond acceptors (Lipinski definition) is 5. The van der Waals surface area contributed by atoms with E-state index in [1.807, 2.05) is 0 Å². The molecule has 2 rings (SSSR count). The van der Waals surface area contributed by atoms with Gasteiger partial charge < -0.3 is 5.32 Å². The number of benzene rings is 1. The molecule has 0 spiro atoms. The Kier molecular flexibility index (Phi) is 5.56. The fourth-order valence-electron chi connectivity index (χ4n) is 1.76. The summed E-state index contributed by atoms with van der Waals surface area (Å²) >= 11 is 11.9. The van der Waals surface area contributed by atoms with E-state index in [0.29, 0.717) is 17.1 Å². The molecule has 23 heavy (non-hydrogen) atoms. The lowest BCUT2D eigenvalue weighted by Gasteiger charge is -2.08. The average Bonchev–Trinajstić information content (AvgIpc) is 2.49. The number of halogens is 2. The lowest BCUT2D eigenvalue weighted by molar-refractivity contribution is 0.102. The van der Waals surface area contributed by atoms with E-state index in [1.54, 1.807) is 31.2 Å². The molecule has 1 heterocycles. The van der Waals surface area contributed by atoms with Gasteiger partial charge in [-0.1, -0.05) is 42.3 Å². The first kappa shape index (κ1) is 17.7. The SMILES string of the molecule is CCCS(=O)(=O)c1ncc(Cl)c(C(=O)Nc2ccccc2Cl)n1. The van der Waals surface area contributed by atoms with Crippen molar-refractivity contribution in [2.75, 3.05) is 11.1 Å². The summed E-state index contributed by atoms with van der Waals surface area (Å²) in [5.74, 6) is -0.779. The Morgan fingerprint density at radius 2 is 1.91 bits per heavy atom. The van der Waals surface area contributed by atoms with Crippen molar-refractivity contribution in [3.05, 3.63) is 46.2 Å². The number of aromatic nitrogens is 2. The summed E-state index contributed by atoms with van der Waals surface area (Å²) < 4.78 is 24.0. The molecule has 0 fully saturated rings. The van der Waals surface area contributed by atoms with Crippen LogP contribution in [0.2, 0.25) is 10.0 Å². The highest BCUT2D eigenvalue weighted by atomic mass is 35.5. The van der Waals surface area contributed by atoms with Crippen LogP contribution >= 0.6 is 23.2 Å². The summed E-state index contributed by atoms with van der Waals surface area (Å²) in [6.07, 6.45) is 1.51. The van der Waals surface area contributed by atoms with Crippen LogP contribution in [0.5, 0.6) is 0 Å². The van der Waals surface area contributed by atoms with E-state index in [4.69, 9.17) is 23.2 Å². The molecule has 0 saturated heterocycles. The maximum absolute atomic E-state index is 12.3. The van der Waals surface area contributed by atoms with Gasteiger partial charge in [-0.3, -0.25) is 4.79 Å². The van der Waals surface area contributed by atoms with Gasteiger partial charge in [0.2, 0.25) is 15.0 Å². The molecule has 0 saturated carbocycles. The molecule has 2 aromatic rings. The Bertz CT molecular complexity index is 841. The van der Waals surface area contributed by atoms with Gasteiger partial charge in [0.05, 0.1) is 27.7 Å². The number of carbonyl (C=O) groups is 1. The third-order valence-electron chi connectivity index (χ3n) is 2.81. The number of nitrogens with zero attached hydrogens (tertiary/aromatic N) is 2. The van der Waals surface area contributed by atoms with E-state index in [-0.39, 0.29) is 16.5 Å². The topological polar surface area (TPSA) is 89.0 Å². The Balaban J connectivity index is 2.36. The Morgan fingerprint density at radius 3 is 2.57 bits per heavy atom. The van der Waals surface area contributed by atoms with E-state index in [9.17, 15) is 13.2 Å². The Hall–Kier alpha value is -1.70. The van der Waals surface area contributed by atoms with E-state index in [2.05, 4.69) is 15.3 Å². The largest absolute Gasteiger partial charge is 0.319 e. The van der Waals surface area contributed by atoms with Crippen molar-refractivity contribution in [2.24, 2.45) is 0 Å². The van der Waals surface area contributed by atoms with Gasteiger partial charge in [-0.15, -0.1) is 0 Å². The molecule has 0 radical (unpaired) electrons. The van der Waals surface area contributed by atoms with Gasteiger partial charge in [0.15, 0.2) is 5.69 Å². The molecule has 1 N–H and O–H groups in total. The van der Waals surface area contributed by atoms with Gasteiger partial charge in [0, 0.05) is 0 Å². The highest BCUT2D eigenvalue weighted by Gasteiger charge is 2.22. The Labute approximate surface area is 143 Å². The molecule has 0 aliphatic rings. The molecule has 9 heteroatoms. The number of carbonyl (C=O) groups excluding carboxylic acids is 1. The first-order valence-electron chi connectivity index (χ1n) is 6.66. The number of rotatable bonds is 5. The first-order valence-corrected chi connectivity index (χ1v) is 9.07. The minimum Gasteiger partial charge on any atom is -0.319 e. The van der Waals surface area contributed by atoms with Crippen LogP contribution in [0, 0.1) is 0 Å². The van der Waals surface area contributed by atoms with Crippen molar-refractivity contribution < 1.29 is 13.2 Å². The normalized spacial score (nSPS) is 11.3. The smallest absolute Gasteiger partial charge is 0.276 e. The Morgan fingerprint density at radius 1 is 1.22 bits per heavy atom. The quantitative estimate of drug-likeness (QED) is 0.812. The predicted molar refractivity (Wildman–Crippen MR) is 88.8 cm³/mol. The van der Waals surface area contributed by atoms with Crippen molar-refractivity contribution in [3.63, 3.8) is 0 Å². The summed E-state index contributed by atoms with van der Waals surface area (Å²) in [4.78, 5) is 19.8. The molecule has 122 valence electrons. The fourth-order valence-corrected chi connectivity index (χ4v) is 3.29. The van der Waals surface area contributed by atoms with Gasteiger partial charge in [0.1, 0.15) is 0 Å². The summed E-state index contributed by atoms with van der Waals surface area (Å²) in [6, 6.07) is 6.62. The van der Waals surface area contributed by atoms with Crippen LogP contribution in [0.1, 0.15) is 23.8 Å². The zero-order valence-electron chi connectivity index (χ0n) is 12.1. The fraction of sp³-hybridized carbons (Fsp3) is 0.214. The average molecular weight is 374 g/mol. The van der Waals surface area contributed by atoms with Gasteiger partial charge in [-0.2, -0.15) is 0 Å². The molecule has 0 unspecified atom stereocenters. The van der Waals surface area contributed by atoms with Crippen molar-refractivity contribution in [2.45, 2.75) is 18.5 Å². The van der Waals surface area contributed by atoms with Crippen LogP contribution < -0.4 is 5.32 Å². The molecule has 6 nitrogen and oxygen atoms in total. The maximum Gasteiger partial charge on any atom is 0.276 e. The molecule has 1 aromatic heterocycles. The summed E-state index contributed by atoms with van der Waals surface area (Å²) in [6.45, 7) is 1.72. The second kappa shape index (κ2) is 7.25. The maximum atomic E-state index is 12.3. The van der Waals surface area contributed by atoms with Crippen molar-refractivity contribution >= 4 is 44.6 Å². The number of hydrogen-bond donors (Lipinski definition) is 1. The minimum atomic E-state index is -3.65. The second-order valence-corrected chi connectivity index (χ2v) is 7.42. The third kappa shape index (κ3) is 4.19. The van der Waals surface area contributed by atoms with Gasteiger partial charge in [-0.25, -0.2) is 18.4 Å². The van der Waals surface area contributed by atoms with Crippen LogP contribution in [0.15, 0.2) is 35.6 Å². The van der Waals surface area contributed by atoms with Gasteiger partial charge in [0.25, 0.3) is 5.91 Å². The standard InChI is InChI=1S/C14H13Cl2N3O3S/c1-2-7-23(21,22)14-17-8-10(16)12(19-14)13(20)18-11-6-4-3-5-9(11)15/h3-6,8H,2,7H2,1H3,(H,18,20). The van der Waals surface area contributed by atoms with Crippen LogP contribution in [0.4, 0.5) is 5.69 Å². The lowest BCUT2D eigenvalue weighted by Crippen LogP contribution is -2.18. The van der Waals surface area contributed by atoms with Gasteiger partial charge in [-0.05, 0) is 18.6 Å². The van der Waals surface area contributed by atoms with Gasteiger partial charge >= 0.3 is 0 Å². The zero-order valence-corrected chi connectivity index (χ0v) is 14.4. The van der Waals surface area contributed by atoms with Crippen LogP contribution in [0.3, 0.4) is 0 Å². The van der Waals surface area contributed by atoms with Crippen molar-refractivity contribution in [1.29, 1.82) is 0 Å². The number of amides is 1. The van der Waals surface area contributed by atoms with E-state index in [0.717, 1.165) is 6.20 Å². The summed E-state index contributed by atoms with van der Waals surface area (Å²) in [5.41, 5.74) is 0.142. The molecule has 0 bridgehead atoms. The highest BCUT2D eigenvalue weighted by molar-refractivity contribution is 7.91. The first-order chi connectivity index (χ1) is 10.8. The number of para-hydroxylation sites is 1. The molecular weight excluding hydrogens is 361 g/mol. The van der Waals surface area contributed by atoms with Crippen molar-refractivity contribution in [1.82, 2.24) is 9.97 Å². The monoisotopic (exact) mass is 373 g/mol. The molecule has 0 aliphatic carbocycles. The summed E-state index contributed by atoms with van der Waals surface area (Å²) in [5, 5.41) is 2.40. The highest BCUT2D eigenvalue weighted by Crippen LogP contribution is 2.22. The molecule has 1 amide bonds. The molecule has 1 aromatic carbocycles. The van der Waals surface area contributed by atoms with Crippen LogP contribution in [-0.4, -0.2) is 30.0 Å². The number of anilines is 1. The number of nitrogens with one attached hydrogen (secondary N) is 1. The minimum absolute atomic E-state index is 0.0509. The molecule has 0 aliphatic heterocycles. The van der Waals surface area contributed by atoms with E-state index in [1.165, 1.54) is 0 Å². The van der Waals surface area contributed by atoms with Crippen molar-refractivity contribution in [3.8, 4) is 0 Å². The van der Waals surface area contributed by atoms with E-state index >= 15 is 0 Å². The third-order valence-corrected chi connectivity index (χ3v) is 5.12. The lowest BCUT2D eigenvalue weighted by atomic mass is 10.3. The van der Waals surface area contributed by atoms with Crippen LogP contribution in [-0.2, 0) is 9.84 Å². The predicted octanol–water partition coefficient (Wildman–Crippen LogP) is 3.22. The second-order valence-electron chi connectivity index (χ2n) is 4.60. The summed E-state index contributed by atoms with van der Waals surface area (Å²) in [7, 11) is -3.65. The molecular formula is C14H13Cl2N3O3S. The van der Waals surface area contributed by atoms with E-state index < -0.39 is 20.9 Å².